The number of carboxylic acid groups (broad SMARTS) is 1. The highest BCUT2D eigenvalue weighted by molar-refractivity contribution is 6.06. The molecule has 0 saturated heterocycles. The van der Waals surface area contributed by atoms with Crippen LogP contribution in [-0.4, -0.2) is 35.0 Å². The molecule has 0 fully saturated rings. The molecular weight excluding hydrogens is 332 g/mol. The van der Waals surface area contributed by atoms with Gasteiger partial charge in [0, 0.05) is 23.4 Å². The van der Waals surface area contributed by atoms with Crippen molar-refractivity contribution >= 4 is 29.2 Å². The molecule has 0 heterocycles. The summed E-state index contributed by atoms with van der Waals surface area (Å²) in [6, 6.07) is 8.63. The van der Waals surface area contributed by atoms with Gasteiger partial charge in [0.1, 0.15) is 0 Å². The first-order valence-corrected chi connectivity index (χ1v) is 6.84. The van der Waals surface area contributed by atoms with Gasteiger partial charge in [0.15, 0.2) is 0 Å². The molecule has 0 saturated carbocycles. The Balaban J connectivity index is 2.36. The molecule has 0 aliphatic heterocycles. The van der Waals surface area contributed by atoms with Gasteiger partial charge in [0.05, 0.1) is 23.2 Å². The van der Waals surface area contributed by atoms with E-state index in [1.807, 2.05) is 0 Å². The zero-order chi connectivity index (χ0) is 18.6. The molecule has 25 heavy (non-hydrogen) atoms. The summed E-state index contributed by atoms with van der Waals surface area (Å²) >= 11 is 0. The van der Waals surface area contributed by atoms with E-state index in [9.17, 15) is 24.5 Å². The second kappa shape index (κ2) is 7.21. The number of carbonyl (C=O) groups excluding carboxylic acids is 2. The zero-order valence-corrected chi connectivity index (χ0v) is 12.9. The summed E-state index contributed by atoms with van der Waals surface area (Å²) < 4.78 is 4.51. The van der Waals surface area contributed by atoms with Crippen molar-refractivity contribution in [2.75, 3.05) is 12.4 Å². The summed E-state index contributed by atoms with van der Waals surface area (Å²) in [7, 11) is 1.11. The van der Waals surface area contributed by atoms with Crippen LogP contribution in [0.2, 0.25) is 0 Å². The fourth-order valence-electron chi connectivity index (χ4n) is 2.02. The van der Waals surface area contributed by atoms with Crippen molar-refractivity contribution in [3.05, 3.63) is 69.3 Å². The van der Waals surface area contributed by atoms with Gasteiger partial charge in [-0.1, -0.05) is 6.07 Å². The van der Waals surface area contributed by atoms with Gasteiger partial charge >= 0.3 is 11.9 Å². The van der Waals surface area contributed by atoms with Crippen LogP contribution in [0.3, 0.4) is 0 Å². The Hall–Kier alpha value is -3.75. The smallest absolute Gasteiger partial charge is 0.338 e. The summed E-state index contributed by atoms with van der Waals surface area (Å²) in [6.07, 6.45) is 0. The molecule has 0 aliphatic carbocycles. The fraction of sp³-hybridized carbons (Fsp3) is 0.0625. The molecule has 2 rings (SSSR count). The van der Waals surface area contributed by atoms with Gasteiger partial charge in [0.25, 0.3) is 11.6 Å². The summed E-state index contributed by atoms with van der Waals surface area (Å²) in [4.78, 5) is 45.1. The molecule has 1 amide bonds. The lowest BCUT2D eigenvalue weighted by atomic mass is 10.1. The molecule has 0 spiro atoms. The van der Waals surface area contributed by atoms with Gasteiger partial charge < -0.3 is 15.2 Å². The second-order valence-corrected chi connectivity index (χ2v) is 4.86. The predicted octanol–water partition coefficient (Wildman–Crippen LogP) is 2.33. The minimum atomic E-state index is -1.17. The van der Waals surface area contributed by atoms with Crippen molar-refractivity contribution in [1.29, 1.82) is 0 Å². The lowest BCUT2D eigenvalue weighted by molar-refractivity contribution is -0.384. The zero-order valence-electron chi connectivity index (χ0n) is 12.9. The quantitative estimate of drug-likeness (QED) is 0.482. The topological polar surface area (TPSA) is 136 Å². The van der Waals surface area contributed by atoms with E-state index in [4.69, 9.17) is 5.11 Å². The highest BCUT2D eigenvalue weighted by Gasteiger charge is 2.18. The molecule has 0 atom stereocenters. The van der Waals surface area contributed by atoms with Crippen LogP contribution < -0.4 is 5.32 Å². The Labute approximate surface area is 141 Å². The molecule has 128 valence electrons. The van der Waals surface area contributed by atoms with Crippen molar-refractivity contribution in [2.45, 2.75) is 0 Å². The first-order chi connectivity index (χ1) is 11.8. The van der Waals surface area contributed by atoms with Gasteiger partial charge in [-0.3, -0.25) is 14.9 Å². The van der Waals surface area contributed by atoms with Crippen LogP contribution in [0.25, 0.3) is 0 Å². The number of methoxy groups -OCH3 is 1. The monoisotopic (exact) mass is 344 g/mol. The lowest BCUT2D eigenvalue weighted by Gasteiger charge is -2.07. The van der Waals surface area contributed by atoms with Gasteiger partial charge in [0.2, 0.25) is 0 Å². The van der Waals surface area contributed by atoms with E-state index in [2.05, 4.69) is 10.1 Å². The van der Waals surface area contributed by atoms with Crippen LogP contribution in [0.1, 0.15) is 31.1 Å². The standard InChI is InChI=1S/C16H12N2O7/c1-25-16(22)11-5-10(7-13(8-11)18(23)24)14(19)17-12-4-2-3-9(6-12)15(20)21/h2-8H,1H3,(H,17,19)(H,20,21). The van der Waals surface area contributed by atoms with Crippen LogP contribution in [0, 0.1) is 10.1 Å². The van der Waals surface area contributed by atoms with Crippen LogP contribution >= 0.6 is 0 Å². The van der Waals surface area contributed by atoms with E-state index in [0.29, 0.717) is 0 Å². The second-order valence-electron chi connectivity index (χ2n) is 4.86. The number of non-ortho nitro benzene ring substituents is 1. The van der Waals surface area contributed by atoms with E-state index in [-0.39, 0.29) is 22.4 Å². The number of anilines is 1. The number of nitrogens with one attached hydrogen (secondary N) is 1. The molecule has 9 heteroatoms. The van der Waals surface area contributed by atoms with Crippen LogP contribution in [0.4, 0.5) is 11.4 Å². The molecule has 0 unspecified atom stereocenters. The Kier molecular flexibility index (Phi) is 5.08. The highest BCUT2D eigenvalue weighted by atomic mass is 16.6. The average molecular weight is 344 g/mol. The SMILES string of the molecule is COC(=O)c1cc(C(=O)Nc2cccc(C(=O)O)c2)cc([N+](=O)[O-])c1. The first kappa shape index (κ1) is 17.6. The third kappa shape index (κ3) is 4.16. The van der Waals surface area contributed by atoms with Crippen molar-refractivity contribution in [3.8, 4) is 0 Å². The van der Waals surface area contributed by atoms with Crippen molar-refractivity contribution in [2.24, 2.45) is 0 Å². The number of nitrogens with zero attached hydrogens (tertiary/aromatic N) is 1. The van der Waals surface area contributed by atoms with Gasteiger partial charge in [-0.15, -0.1) is 0 Å². The Bertz CT molecular complexity index is 877. The predicted molar refractivity (Wildman–Crippen MR) is 85.8 cm³/mol. The van der Waals surface area contributed by atoms with E-state index < -0.39 is 28.5 Å². The van der Waals surface area contributed by atoms with E-state index in [1.165, 1.54) is 24.3 Å². The lowest BCUT2D eigenvalue weighted by Crippen LogP contribution is -2.14. The van der Waals surface area contributed by atoms with Crippen molar-refractivity contribution in [3.63, 3.8) is 0 Å². The molecule has 0 aromatic heterocycles. The Morgan fingerprint density at radius 3 is 2.36 bits per heavy atom. The van der Waals surface area contributed by atoms with E-state index >= 15 is 0 Å². The number of nitro benzene ring substituents is 1. The van der Waals surface area contributed by atoms with Crippen molar-refractivity contribution in [1.82, 2.24) is 0 Å². The Morgan fingerprint density at radius 2 is 1.76 bits per heavy atom. The molecule has 0 bridgehead atoms. The summed E-state index contributed by atoms with van der Waals surface area (Å²) in [6.45, 7) is 0. The average Bonchev–Trinajstić information content (AvgIpc) is 2.60. The number of rotatable bonds is 5. The maximum atomic E-state index is 12.3. The third-order valence-corrected chi connectivity index (χ3v) is 3.18. The molecular formula is C16H12N2O7. The molecule has 0 aliphatic rings. The van der Waals surface area contributed by atoms with E-state index in [0.717, 1.165) is 25.3 Å². The van der Waals surface area contributed by atoms with Crippen LogP contribution in [0.5, 0.6) is 0 Å². The number of amides is 1. The molecule has 2 aromatic carbocycles. The number of hydrogen-bond donors (Lipinski definition) is 2. The number of nitro groups is 1. The minimum Gasteiger partial charge on any atom is -0.478 e. The van der Waals surface area contributed by atoms with Crippen LogP contribution in [-0.2, 0) is 4.74 Å². The minimum absolute atomic E-state index is 0.0351. The normalized spacial score (nSPS) is 9.96. The number of carbonyl (C=O) groups is 3. The number of aromatic carboxylic acids is 1. The number of hydrogen-bond acceptors (Lipinski definition) is 6. The number of esters is 1. The maximum Gasteiger partial charge on any atom is 0.338 e. The highest BCUT2D eigenvalue weighted by Crippen LogP contribution is 2.20. The molecule has 0 radical (unpaired) electrons. The fourth-order valence-corrected chi connectivity index (χ4v) is 2.02. The van der Waals surface area contributed by atoms with Gasteiger partial charge in [-0.25, -0.2) is 9.59 Å². The Morgan fingerprint density at radius 1 is 1.08 bits per heavy atom. The molecule has 2 N–H and O–H groups in total. The molecule has 2 aromatic rings. The van der Waals surface area contributed by atoms with E-state index in [1.54, 1.807) is 0 Å². The largest absolute Gasteiger partial charge is 0.478 e. The number of carboxylic acids is 1. The van der Waals surface area contributed by atoms with Gasteiger partial charge in [-0.05, 0) is 24.3 Å². The first-order valence-electron chi connectivity index (χ1n) is 6.84. The summed E-state index contributed by atoms with van der Waals surface area (Å²) in [5.74, 6) is -2.73. The van der Waals surface area contributed by atoms with Gasteiger partial charge in [-0.2, -0.15) is 0 Å². The molecule has 9 nitrogen and oxygen atoms in total. The number of ether oxygens (including phenoxy) is 1. The van der Waals surface area contributed by atoms with Crippen molar-refractivity contribution < 1.29 is 29.2 Å². The third-order valence-electron chi connectivity index (χ3n) is 3.18. The summed E-state index contributed by atoms with van der Waals surface area (Å²) in [5, 5.41) is 22.3. The number of benzene rings is 2. The van der Waals surface area contributed by atoms with Crippen LogP contribution in [0.15, 0.2) is 42.5 Å². The maximum absolute atomic E-state index is 12.3. The summed E-state index contributed by atoms with van der Waals surface area (Å²) in [5.41, 5.74) is -0.591.